The second-order valence-electron chi connectivity index (χ2n) is 8.42. The molecule has 0 radical (unpaired) electrons. The van der Waals surface area contributed by atoms with E-state index in [9.17, 15) is 9.18 Å². The molecule has 1 N–H and O–H groups in total. The summed E-state index contributed by atoms with van der Waals surface area (Å²) in [6, 6.07) is 10.1. The van der Waals surface area contributed by atoms with Crippen molar-refractivity contribution in [2.24, 2.45) is 5.92 Å². The molecule has 1 aliphatic carbocycles. The second kappa shape index (κ2) is 8.29. The molecule has 2 aromatic carbocycles. The fourth-order valence-electron chi connectivity index (χ4n) is 4.82. The molecule has 5 rings (SSSR count). The molecule has 31 heavy (non-hydrogen) atoms. The van der Waals surface area contributed by atoms with Gasteiger partial charge in [-0.3, -0.25) is 9.89 Å². The lowest BCUT2D eigenvalue weighted by molar-refractivity contribution is -0.133. The molecule has 160 valence electrons. The fourth-order valence-corrected chi connectivity index (χ4v) is 5.47. The van der Waals surface area contributed by atoms with Crippen molar-refractivity contribution in [2.75, 3.05) is 6.54 Å². The third kappa shape index (κ3) is 3.97. The van der Waals surface area contributed by atoms with Gasteiger partial charge in [-0.25, -0.2) is 4.39 Å². The molecule has 1 fully saturated rings. The van der Waals surface area contributed by atoms with Gasteiger partial charge in [-0.15, -0.1) is 0 Å². The van der Waals surface area contributed by atoms with E-state index in [0.717, 1.165) is 54.6 Å². The van der Waals surface area contributed by atoms with E-state index in [-0.39, 0.29) is 23.7 Å². The van der Waals surface area contributed by atoms with Gasteiger partial charge in [0.15, 0.2) is 0 Å². The summed E-state index contributed by atoms with van der Waals surface area (Å²) in [6.07, 6.45) is 5.98. The quantitative estimate of drug-likeness (QED) is 0.564. The van der Waals surface area contributed by atoms with Gasteiger partial charge in [0.2, 0.25) is 5.91 Å². The molecule has 0 bridgehead atoms. The van der Waals surface area contributed by atoms with E-state index in [4.69, 9.17) is 23.2 Å². The summed E-state index contributed by atoms with van der Waals surface area (Å²) >= 11 is 13.2. The zero-order chi connectivity index (χ0) is 21.5. The number of rotatable bonds is 4. The maximum absolute atomic E-state index is 13.2. The van der Waals surface area contributed by atoms with Crippen molar-refractivity contribution < 1.29 is 9.18 Å². The number of hydrogen-bond donors (Lipinski definition) is 1. The third-order valence-electron chi connectivity index (χ3n) is 6.55. The number of aromatic nitrogens is 2. The van der Waals surface area contributed by atoms with Crippen LogP contribution in [0.5, 0.6) is 0 Å². The number of amides is 1. The molecule has 0 unspecified atom stereocenters. The normalized spacial score (nSPS) is 20.9. The smallest absolute Gasteiger partial charge is 0.226 e. The Hall–Kier alpha value is -2.37. The Morgan fingerprint density at radius 3 is 2.58 bits per heavy atom. The number of benzene rings is 2. The van der Waals surface area contributed by atoms with Gasteiger partial charge in [-0.05, 0) is 72.2 Å². The minimum atomic E-state index is -0.288. The number of carbonyl (C=O) groups is 1. The highest BCUT2D eigenvalue weighted by atomic mass is 35.5. The third-order valence-corrected chi connectivity index (χ3v) is 7.23. The van der Waals surface area contributed by atoms with Crippen LogP contribution in [0.2, 0.25) is 10.0 Å². The minimum absolute atomic E-state index is 0.116. The molecule has 1 aromatic heterocycles. The molecule has 3 aromatic rings. The number of likely N-dealkylation sites (tertiary alicyclic amines) is 1. The Morgan fingerprint density at radius 2 is 1.84 bits per heavy atom. The predicted molar refractivity (Wildman–Crippen MR) is 120 cm³/mol. The second-order valence-corrected chi connectivity index (χ2v) is 9.23. The van der Waals surface area contributed by atoms with Gasteiger partial charge in [-0.2, -0.15) is 5.10 Å². The van der Waals surface area contributed by atoms with Crippen molar-refractivity contribution in [2.45, 2.75) is 38.1 Å². The Labute approximate surface area is 190 Å². The number of halogens is 3. The molecule has 1 aliphatic heterocycles. The highest BCUT2D eigenvalue weighted by molar-refractivity contribution is 6.36. The summed E-state index contributed by atoms with van der Waals surface area (Å²) in [6.45, 7) is 0.764. The van der Waals surface area contributed by atoms with E-state index in [1.54, 1.807) is 12.1 Å². The van der Waals surface area contributed by atoms with E-state index in [1.807, 2.05) is 23.2 Å². The van der Waals surface area contributed by atoms with Crippen LogP contribution in [-0.2, 0) is 24.1 Å². The summed E-state index contributed by atoms with van der Waals surface area (Å²) in [5.41, 5.74) is 4.88. The molecule has 2 atom stereocenters. The molecule has 1 amide bonds. The van der Waals surface area contributed by atoms with Crippen LogP contribution in [0.15, 0.2) is 42.6 Å². The molecular formula is C24H22Cl2FN3O. The number of aryl methyl sites for hydroxylation is 1. The van der Waals surface area contributed by atoms with Crippen LogP contribution in [0.3, 0.4) is 0 Å². The van der Waals surface area contributed by atoms with Gasteiger partial charge in [0.1, 0.15) is 5.82 Å². The van der Waals surface area contributed by atoms with Gasteiger partial charge in [-0.1, -0.05) is 35.3 Å². The van der Waals surface area contributed by atoms with E-state index in [1.165, 1.54) is 17.7 Å². The number of fused-ring (bicyclic) bond motifs is 1. The predicted octanol–water partition coefficient (Wildman–Crippen LogP) is 5.47. The molecule has 7 heteroatoms. The first-order valence-corrected chi connectivity index (χ1v) is 11.3. The first kappa shape index (κ1) is 20.5. The van der Waals surface area contributed by atoms with Crippen LogP contribution in [0.4, 0.5) is 4.39 Å². The average molecular weight is 458 g/mol. The van der Waals surface area contributed by atoms with E-state index in [2.05, 4.69) is 10.2 Å². The highest BCUT2D eigenvalue weighted by Gasteiger charge is 2.37. The summed E-state index contributed by atoms with van der Waals surface area (Å²) in [4.78, 5) is 15.2. The van der Waals surface area contributed by atoms with Crippen molar-refractivity contribution in [3.8, 4) is 11.1 Å². The Bertz CT molecular complexity index is 1110. The summed E-state index contributed by atoms with van der Waals surface area (Å²) in [5.74, 6) is -0.221. The molecule has 1 saturated heterocycles. The van der Waals surface area contributed by atoms with Crippen molar-refractivity contribution in [3.63, 3.8) is 0 Å². The Kier molecular flexibility index (Phi) is 5.49. The molecular weight excluding hydrogens is 436 g/mol. The molecule has 0 spiro atoms. The number of carbonyl (C=O) groups excluding carboxylic acids is 1. The summed E-state index contributed by atoms with van der Waals surface area (Å²) in [7, 11) is 0. The van der Waals surface area contributed by atoms with Gasteiger partial charge in [0.05, 0.1) is 6.20 Å². The van der Waals surface area contributed by atoms with Gasteiger partial charge in [0.25, 0.3) is 0 Å². The van der Waals surface area contributed by atoms with Crippen molar-refractivity contribution in [1.29, 1.82) is 0 Å². The topological polar surface area (TPSA) is 49.0 Å². The van der Waals surface area contributed by atoms with E-state index >= 15 is 0 Å². The SMILES string of the molecule is O=C1[C@H](Cc2c(Cl)cc(-c3ccc(F)cc3)cc2Cl)CCN1[C@H]1CCc2cn[nH]c2C1. The lowest BCUT2D eigenvalue weighted by Gasteiger charge is -2.31. The Balaban J connectivity index is 1.31. The molecule has 4 nitrogen and oxygen atoms in total. The van der Waals surface area contributed by atoms with Crippen LogP contribution in [0.25, 0.3) is 11.1 Å². The van der Waals surface area contributed by atoms with Crippen LogP contribution < -0.4 is 0 Å². The van der Waals surface area contributed by atoms with E-state index < -0.39 is 0 Å². The van der Waals surface area contributed by atoms with Crippen LogP contribution in [-0.4, -0.2) is 33.6 Å². The number of nitrogens with zero attached hydrogens (tertiary/aromatic N) is 2. The zero-order valence-electron chi connectivity index (χ0n) is 16.9. The van der Waals surface area contributed by atoms with Gasteiger partial charge >= 0.3 is 0 Å². The highest BCUT2D eigenvalue weighted by Crippen LogP contribution is 2.36. The maximum atomic E-state index is 13.2. The monoisotopic (exact) mass is 457 g/mol. The molecule has 2 heterocycles. The first-order chi connectivity index (χ1) is 15.0. The number of hydrogen-bond acceptors (Lipinski definition) is 2. The lowest BCUT2D eigenvalue weighted by atomic mass is 9.92. The lowest BCUT2D eigenvalue weighted by Crippen LogP contribution is -2.41. The van der Waals surface area contributed by atoms with Crippen LogP contribution >= 0.6 is 23.2 Å². The van der Waals surface area contributed by atoms with Gasteiger partial charge < -0.3 is 4.90 Å². The number of aromatic amines is 1. The number of nitrogens with one attached hydrogen (secondary N) is 1. The van der Waals surface area contributed by atoms with Crippen LogP contribution in [0.1, 0.15) is 29.7 Å². The van der Waals surface area contributed by atoms with Crippen molar-refractivity contribution in [3.05, 3.63) is 75.3 Å². The summed E-state index contributed by atoms with van der Waals surface area (Å²) in [5, 5.41) is 8.28. The largest absolute Gasteiger partial charge is 0.339 e. The Morgan fingerprint density at radius 1 is 1.10 bits per heavy atom. The molecule has 2 aliphatic rings. The maximum Gasteiger partial charge on any atom is 0.226 e. The number of H-pyrrole nitrogens is 1. The fraction of sp³-hybridized carbons (Fsp3) is 0.333. The van der Waals surface area contributed by atoms with Crippen LogP contribution in [0, 0.1) is 11.7 Å². The van der Waals surface area contributed by atoms with Crippen molar-refractivity contribution >= 4 is 29.1 Å². The first-order valence-electron chi connectivity index (χ1n) is 10.5. The minimum Gasteiger partial charge on any atom is -0.339 e. The van der Waals surface area contributed by atoms with E-state index in [0.29, 0.717) is 16.5 Å². The average Bonchev–Trinajstić information content (AvgIpc) is 3.37. The zero-order valence-corrected chi connectivity index (χ0v) is 18.4. The summed E-state index contributed by atoms with van der Waals surface area (Å²) < 4.78 is 13.2. The van der Waals surface area contributed by atoms with Crippen molar-refractivity contribution in [1.82, 2.24) is 15.1 Å². The molecule has 0 saturated carbocycles. The van der Waals surface area contributed by atoms with Gasteiger partial charge in [0, 0.05) is 40.7 Å². The standard InChI is InChI=1S/C24H22Cl2FN3O/c25-21-10-17(14-1-4-18(27)5-2-14)11-22(26)20(21)9-15-7-8-30(24(15)31)19-6-3-16-13-28-29-23(16)12-19/h1-2,4-5,10-11,13,15,19H,3,6-9,12H2,(H,28,29)/t15-,19-/m0/s1.